The fourth-order valence-corrected chi connectivity index (χ4v) is 9.06. The summed E-state index contributed by atoms with van der Waals surface area (Å²) in [5, 5.41) is 5.97. The highest BCUT2D eigenvalue weighted by Crippen LogP contribution is 2.43. The van der Waals surface area contributed by atoms with Crippen LogP contribution in [0.3, 0.4) is 0 Å². The molecule has 0 aliphatic carbocycles. The van der Waals surface area contributed by atoms with E-state index in [4.69, 9.17) is 9.97 Å². The first-order valence-corrected chi connectivity index (χ1v) is 18.0. The van der Waals surface area contributed by atoms with E-state index in [0.29, 0.717) is 5.95 Å². The van der Waals surface area contributed by atoms with E-state index in [9.17, 15) is 0 Å². The molecule has 5 heteroatoms. The van der Waals surface area contributed by atoms with Crippen LogP contribution in [-0.2, 0) is 0 Å². The zero-order valence-corrected chi connectivity index (χ0v) is 28.2. The van der Waals surface area contributed by atoms with Gasteiger partial charge >= 0.3 is 0 Å². The van der Waals surface area contributed by atoms with Crippen LogP contribution in [0.25, 0.3) is 97.9 Å². The van der Waals surface area contributed by atoms with Crippen molar-refractivity contribution in [3.63, 3.8) is 0 Å². The van der Waals surface area contributed by atoms with E-state index in [1.807, 2.05) is 0 Å². The van der Waals surface area contributed by atoms with Gasteiger partial charge in [0.15, 0.2) is 0 Å². The average Bonchev–Trinajstić information content (AvgIpc) is 3.85. The summed E-state index contributed by atoms with van der Waals surface area (Å²) < 4.78 is 6.93. The van der Waals surface area contributed by atoms with Crippen molar-refractivity contribution in [2.24, 2.45) is 0 Å². The Hall–Kier alpha value is -6.56. The van der Waals surface area contributed by atoms with Gasteiger partial charge in [-0.25, -0.2) is 9.97 Å². The summed E-state index contributed by atoms with van der Waals surface area (Å²) in [6.45, 7) is 0. The Labute approximate surface area is 297 Å². The van der Waals surface area contributed by atoms with Crippen LogP contribution in [0.1, 0.15) is 0 Å². The molecule has 0 N–H and O–H groups in total. The van der Waals surface area contributed by atoms with Crippen LogP contribution in [0.2, 0.25) is 0 Å². The molecule has 0 radical (unpaired) electrons. The largest absolute Gasteiger partial charge is 0.309 e. The summed E-state index contributed by atoms with van der Waals surface area (Å²) in [6.07, 6.45) is 0. The number of aromatic nitrogens is 4. The van der Waals surface area contributed by atoms with Crippen molar-refractivity contribution in [1.82, 2.24) is 19.1 Å². The predicted octanol–water partition coefficient (Wildman–Crippen LogP) is 12.4. The maximum Gasteiger partial charge on any atom is 0.235 e. The third-order valence-electron chi connectivity index (χ3n) is 10.2. The molecule has 7 aromatic carbocycles. The van der Waals surface area contributed by atoms with Crippen LogP contribution in [0.15, 0.2) is 170 Å². The second-order valence-corrected chi connectivity index (χ2v) is 14.0. The van der Waals surface area contributed by atoms with Gasteiger partial charge in [0.05, 0.1) is 43.7 Å². The minimum atomic E-state index is 0.664. The Morgan fingerprint density at radius 3 is 1.73 bits per heavy atom. The smallest absolute Gasteiger partial charge is 0.235 e. The van der Waals surface area contributed by atoms with Crippen molar-refractivity contribution in [2.75, 3.05) is 0 Å². The highest BCUT2D eigenvalue weighted by molar-refractivity contribution is 7.26. The molecule has 4 heterocycles. The summed E-state index contributed by atoms with van der Waals surface area (Å²) in [4.78, 5) is 11.0. The van der Waals surface area contributed by atoms with E-state index in [1.165, 1.54) is 48.4 Å². The average molecular weight is 669 g/mol. The normalized spacial score (nSPS) is 11.9. The van der Waals surface area contributed by atoms with E-state index >= 15 is 0 Å². The molecular weight excluding hydrogens is 641 g/mol. The van der Waals surface area contributed by atoms with Gasteiger partial charge in [0.1, 0.15) is 0 Å². The van der Waals surface area contributed by atoms with Crippen molar-refractivity contribution < 1.29 is 0 Å². The number of thiophene rings is 1. The van der Waals surface area contributed by atoms with E-state index in [0.717, 1.165) is 43.6 Å². The standard InChI is InChI=1S/C46H28N4S/c1-2-14-29(15-3-1)30-26-27-41-36(28-30)33-18-6-11-23-39(33)50(41)46-47-43(45-44(48-46)35-20-8-13-25-42(35)51-45)34-19-7-12-24-40(34)49-37-21-9-4-16-31(37)32-17-5-10-22-38(32)49/h1-28H. The molecule has 11 rings (SSSR count). The van der Waals surface area contributed by atoms with Gasteiger partial charge in [-0.05, 0) is 53.6 Å². The monoisotopic (exact) mass is 668 g/mol. The van der Waals surface area contributed by atoms with Crippen molar-refractivity contribution >= 4 is 75.3 Å². The highest BCUT2D eigenvalue weighted by atomic mass is 32.1. The van der Waals surface area contributed by atoms with Crippen molar-refractivity contribution in [3.05, 3.63) is 170 Å². The Morgan fingerprint density at radius 1 is 0.412 bits per heavy atom. The molecule has 0 spiro atoms. The van der Waals surface area contributed by atoms with Gasteiger partial charge in [0, 0.05) is 37.2 Å². The lowest BCUT2D eigenvalue weighted by atomic mass is 10.0. The molecule has 0 aliphatic heterocycles. The second kappa shape index (κ2) is 11.0. The lowest BCUT2D eigenvalue weighted by Crippen LogP contribution is -2.04. The molecule has 0 aliphatic rings. The molecule has 4 nitrogen and oxygen atoms in total. The Bertz CT molecular complexity index is 3090. The molecular formula is C46H28N4S. The van der Waals surface area contributed by atoms with Crippen LogP contribution in [0, 0.1) is 0 Å². The highest BCUT2D eigenvalue weighted by Gasteiger charge is 2.23. The summed E-state index contributed by atoms with van der Waals surface area (Å²) >= 11 is 1.77. The lowest BCUT2D eigenvalue weighted by Gasteiger charge is -2.15. The number of hydrogen-bond donors (Lipinski definition) is 0. The van der Waals surface area contributed by atoms with Gasteiger partial charge in [-0.15, -0.1) is 11.3 Å². The van der Waals surface area contributed by atoms with E-state index in [-0.39, 0.29) is 0 Å². The summed E-state index contributed by atoms with van der Waals surface area (Å²) in [5.74, 6) is 0.664. The minimum absolute atomic E-state index is 0.664. The molecule has 0 amide bonds. The van der Waals surface area contributed by atoms with Crippen LogP contribution < -0.4 is 0 Å². The maximum absolute atomic E-state index is 5.57. The fourth-order valence-electron chi connectivity index (χ4n) is 7.91. The number of rotatable bonds is 4. The molecule has 0 bridgehead atoms. The summed E-state index contributed by atoms with van der Waals surface area (Å²) in [5.41, 5.74) is 10.9. The van der Waals surface area contributed by atoms with Crippen molar-refractivity contribution in [1.29, 1.82) is 0 Å². The zero-order chi connectivity index (χ0) is 33.5. The van der Waals surface area contributed by atoms with Gasteiger partial charge < -0.3 is 4.57 Å². The van der Waals surface area contributed by atoms with Crippen LogP contribution in [-0.4, -0.2) is 19.1 Å². The van der Waals surface area contributed by atoms with Gasteiger partial charge in [-0.1, -0.05) is 127 Å². The van der Waals surface area contributed by atoms with E-state index < -0.39 is 0 Å². The Kier molecular flexibility index (Phi) is 6.09. The number of nitrogens with zero attached hydrogens (tertiary/aromatic N) is 4. The van der Waals surface area contributed by atoms with Gasteiger partial charge in [0.2, 0.25) is 5.95 Å². The number of para-hydroxylation sites is 4. The van der Waals surface area contributed by atoms with E-state index in [2.05, 4.69) is 179 Å². The van der Waals surface area contributed by atoms with Gasteiger partial charge in [-0.2, -0.15) is 0 Å². The summed E-state index contributed by atoms with van der Waals surface area (Å²) in [6, 6.07) is 60.6. The quantitative estimate of drug-likeness (QED) is 0.187. The van der Waals surface area contributed by atoms with Crippen LogP contribution in [0.4, 0.5) is 0 Å². The molecule has 0 saturated carbocycles. The molecule has 51 heavy (non-hydrogen) atoms. The van der Waals surface area contributed by atoms with Gasteiger partial charge in [0.25, 0.3) is 0 Å². The second-order valence-electron chi connectivity index (χ2n) is 13.0. The maximum atomic E-state index is 5.57. The minimum Gasteiger partial charge on any atom is -0.309 e. The molecule has 0 unspecified atom stereocenters. The number of benzene rings is 7. The molecule has 0 saturated heterocycles. The fraction of sp³-hybridized carbons (Fsp3) is 0. The van der Waals surface area contributed by atoms with Crippen LogP contribution in [0.5, 0.6) is 0 Å². The first-order valence-electron chi connectivity index (χ1n) is 17.2. The SMILES string of the molecule is c1ccc(-c2ccc3c(c2)c2ccccc2n3-c2nc(-c3ccccc3-n3c4ccccc4c4ccccc43)c3sc4ccccc4c3n2)cc1. The third kappa shape index (κ3) is 4.19. The van der Waals surface area contributed by atoms with Crippen LogP contribution >= 0.6 is 11.3 Å². The predicted molar refractivity (Wildman–Crippen MR) is 214 cm³/mol. The zero-order valence-electron chi connectivity index (χ0n) is 27.4. The summed E-state index contributed by atoms with van der Waals surface area (Å²) in [7, 11) is 0. The number of hydrogen-bond acceptors (Lipinski definition) is 3. The Morgan fingerprint density at radius 2 is 0.980 bits per heavy atom. The molecule has 238 valence electrons. The van der Waals surface area contributed by atoms with Crippen molar-refractivity contribution in [2.45, 2.75) is 0 Å². The van der Waals surface area contributed by atoms with E-state index in [1.54, 1.807) is 11.3 Å². The number of fused-ring (bicyclic) bond motifs is 9. The first-order chi connectivity index (χ1) is 25.3. The molecule has 11 aromatic rings. The molecule has 0 fully saturated rings. The molecule has 0 atom stereocenters. The van der Waals surface area contributed by atoms with Gasteiger partial charge in [-0.3, -0.25) is 4.57 Å². The lowest BCUT2D eigenvalue weighted by molar-refractivity contribution is 1.02. The Balaban J connectivity index is 1.24. The van der Waals surface area contributed by atoms with Crippen molar-refractivity contribution in [3.8, 4) is 34.0 Å². The first kappa shape index (κ1) is 28.3. The molecule has 4 aromatic heterocycles. The third-order valence-corrected chi connectivity index (χ3v) is 11.3. The topological polar surface area (TPSA) is 35.6 Å².